The molecule has 5 aliphatic rings. The number of Topliss-reactive ketones (excluding diaryl/α,β-unsaturated/α-hetero) is 1. The van der Waals surface area contributed by atoms with Crippen molar-refractivity contribution in [2.24, 2.45) is 11.3 Å². The molecule has 7 rings (SSSR count). The van der Waals surface area contributed by atoms with Crippen LogP contribution in [-0.4, -0.2) is 98.3 Å². The molecule has 0 unspecified atom stereocenters. The third-order valence-corrected chi connectivity index (χ3v) is 10.3. The Morgan fingerprint density at radius 2 is 1.69 bits per heavy atom. The number of carbonyl (C=O) groups excluding carboxylic acids is 3. The van der Waals surface area contributed by atoms with Gasteiger partial charge in [0.25, 0.3) is 11.8 Å². The van der Waals surface area contributed by atoms with Crippen LogP contribution in [0.5, 0.6) is 0 Å². The minimum Gasteiger partial charge on any atom is -0.390 e. The van der Waals surface area contributed by atoms with E-state index in [4.69, 9.17) is 0 Å². The molecule has 10 heteroatoms. The largest absolute Gasteiger partial charge is 0.390 e. The van der Waals surface area contributed by atoms with E-state index < -0.39 is 6.10 Å². The molecule has 42 heavy (non-hydrogen) atoms. The van der Waals surface area contributed by atoms with Gasteiger partial charge in [0.05, 0.1) is 6.10 Å². The van der Waals surface area contributed by atoms with Crippen LogP contribution in [0, 0.1) is 11.3 Å². The van der Waals surface area contributed by atoms with E-state index in [1.165, 1.54) is 17.5 Å². The molecule has 2 aliphatic carbocycles. The summed E-state index contributed by atoms with van der Waals surface area (Å²) in [5.41, 5.74) is 3.26. The highest BCUT2D eigenvalue weighted by Gasteiger charge is 2.47. The molecule has 2 saturated heterocycles. The van der Waals surface area contributed by atoms with E-state index >= 15 is 0 Å². The first-order valence-electron chi connectivity index (χ1n) is 15.6. The number of β-amino-alcohol motifs (C(OH)–C–C–N with tert-alkyl or cyclic N) is 1. The fourth-order valence-electron chi connectivity index (χ4n) is 7.61. The first kappa shape index (κ1) is 27.5. The molecule has 2 saturated carbocycles. The van der Waals surface area contributed by atoms with Crippen LogP contribution in [-0.2, 0) is 22.6 Å². The fourth-order valence-corrected chi connectivity index (χ4v) is 7.61. The van der Waals surface area contributed by atoms with Crippen molar-refractivity contribution in [3.05, 3.63) is 53.5 Å². The summed E-state index contributed by atoms with van der Waals surface area (Å²) in [5.74, 6) is -0.0395. The highest BCUT2D eigenvalue weighted by atomic mass is 16.3. The van der Waals surface area contributed by atoms with Crippen molar-refractivity contribution in [3.8, 4) is 0 Å². The van der Waals surface area contributed by atoms with E-state index in [1.807, 2.05) is 0 Å². The Hall–Kier alpha value is -3.37. The number of likely N-dealkylation sites (tertiary alicyclic amines) is 2. The summed E-state index contributed by atoms with van der Waals surface area (Å²) >= 11 is 0. The first-order chi connectivity index (χ1) is 20.4. The average Bonchev–Trinajstić information content (AvgIpc) is 3.85. The van der Waals surface area contributed by atoms with Crippen molar-refractivity contribution >= 4 is 23.4 Å². The molecule has 222 valence electrons. The highest BCUT2D eigenvalue weighted by molar-refractivity contribution is 6.37. The molecule has 4 heterocycles. The Morgan fingerprint density at radius 3 is 2.43 bits per heavy atom. The van der Waals surface area contributed by atoms with Gasteiger partial charge < -0.3 is 20.2 Å². The second kappa shape index (κ2) is 11.0. The van der Waals surface area contributed by atoms with Gasteiger partial charge in [-0.3, -0.25) is 19.3 Å². The van der Waals surface area contributed by atoms with Gasteiger partial charge in [-0.15, -0.1) is 0 Å². The van der Waals surface area contributed by atoms with E-state index in [2.05, 4.69) is 44.5 Å². The molecule has 1 aromatic heterocycles. The number of nitrogens with one attached hydrogen (secondary N) is 1. The molecule has 4 fully saturated rings. The summed E-state index contributed by atoms with van der Waals surface area (Å²) in [6, 6.07) is 10.5. The van der Waals surface area contributed by atoms with Gasteiger partial charge in [0.2, 0.25) is 5.78 Å². The number of rotatable bonds is 6. The van der Waals surface area contributed by atoms with Crippen molar-refractivity contribution in [2.45, 2.75) is 76.1 Å². The van der Waals surface area contributed by atoms with Gasteiger partial charge in [-0.2, -0.15) is 0 Å². The molecule has 2 N–H and O–H groups in total. The highest BCUT2D eigenvalue weighted by Crippen LogP contribution is 2.50. The maximum Gasteiger partial charge on any atom is 0.290 e. The smallest absolute Gasteiger partial charge is 0.290 e. The lowest BCUT2D eigenvalue weighted by Crippen LogP contribution is -2.56. The van der Waals surface area contributed by atoms with Gasteiger partial charge in [0, 0.05) is 63.3 Å². The summed E-state index contributed by atoms with van der Waals surface area (Å²) < 4.78 is 0. The summed E-state index contributed by atoms with van der Waals surface area (Å²) in [7, 11) is 0. The van der Waals surface area contributed by atoms with Gasteiger partial charge >= 0.3 is 0 Å². The lowest BCUT2D eigenvalue weighted by molar-refractivity contribution is -0.147. The van der Waals surface area contributed by atoms with Gasteiger partial charge in [-0.05, 0) is 67.9 Å². The van der Waals surface area contributed by atoms with Crippen LogP contribution < -0.4 is 5.32 Å². The number of aliphatic hydroxyl groups is 1. The normalized spacial score (nSPS) is 25.9. The van der Waals surface area contributed by atoms with Crippen molar-refractivity contribution in [2.75, 3.05) is 38.0 Å². The minimum atomic E-state index is -0.605. The van der Waals surface area contributed by atoms with Crippen molar-refractivity contribution in [1.29, 1.82) is 0 Å². The number of fused-ring (bicyclic) bond motifs is 1. The Labute approximate surface area is 246 Å². The number of ketones is 1. The number of carbonyl (C=O) groups is 3. The van der Waals surface area contributed by atoms with Crippen molar-refractivity contribution in [3.63, 3.8) is 0 Å². The van der Waals surface area contributed by atoms with Crippen LogP contribution >= 0.6 is 0 Å². The van der Waals surface area contributed by atoms with Gasteiger partial charge in [-0.25, -0.2) is 9.97 Å². The number of amides is 2. The molecule has 0 bridgehead atoms. The number of anilines is 1. The number of nitrogens with zero attached hydrogens (tertiary/aromatic N) is 5. The molecule has 3 aliphatic heterocycles. The predicted molar refractivity (Wildman–Crippen MR) is 156 cm³/mol. The quantitative estimate of drug-likeness (QED) is 0.506. The third kappa shape index (κ3) is 5.42. The maximum absolute atomic E-state index is 13.4. The fraction of sp³-hybridized carbons (Fsp3) is 0.594. The monoisotopic (exact) mass is 572 g/mol. The lowest BCUT2D eigenvalue weighted by Gasteiger charge is -2.52. The number of aromatic nitrogens is 2. The molecular formula is C32H40N6O4. The van der Waals surface area contributed by atoms with E-state index in [0.29, 0.717) is 37.7 Å². The maximum atomic E-state index is 13.4. The van der Waals surface area contributed by atoms with E-state index in [-0.39, 0.29) is 41.0 Å². The van der Waals surface area contributed by atoms with Crippen LogP contribution in [0.1, 0.15) is 66.6 Å². The molecule has 1 spiro atoms. The number of aliphatic hydroxyl groups excluding tert-OH is 1. The molecular weight excluding hydrogens is 532 g/mol. The topological polar surface area (TPSA) is 119 Å². The summed E-state index contributed by atoms with van der Waals surface area (Å²) in [6.45, 7) is 3.96. The lowest BCUT2D eigenvalue weighted by atomic mass is 9.60. The molecule has 1 aromatic carbocycles. The number of hydrogen-bond acceptors (Lipinski definition) is 8. The Bertz CT molecular complexity index is 1360. The Morgan fingerprint density at radius 1 is 0.929 bits per heavy atom. The van der Waals surface area contributed by atoms with Crippen LogP contribution in [0.3, 0.4) is 0 Å². The van der Waals surface area contributed by atoms with Gasteiger partial charge in [-0.1, -0.05) is 24.3 Å². The molecule has 2 amide bonds. The van der Waals surface area contributed by atoms with Gasteiger partial charge in [0.15, 0.2) is 0 Å². The SMILES string of the molecule is O=C(C(=O)N1CCC2(CC1)CC(Nc1cc(C(=O)N3CC[C@H](N4CCc5ccccc5C4)[C@@H](O)C3)ncn1)C2)C1CC1. The van der Waals surface area contributed by atoms with Crippen molar-refractivity contribution < 1.29 is 19.5 Å². The van der Waals surface area contributed by atoms with E-state index in [9.17, 15) is 19.5 Å². The first-order valence-corrected chi connectivity index (χ1v) is 15.6. The summed E-state index contributed by atoms with van der Waals surface area (Å²) in [4.78, 5) is 52.4. The molecule has 2 atom stereocenters. The second-order valence-corrected chi connectivity index (χ2v) is 13.1. The predicted octanol–water partition coefficient (Wildman–Crippen LogP) is 2.27. The summed E-state index contributed by atoms with van der Waals surface area (Å²) in [6.07, 6.45) is 8.08. The number of hydrogen-bond donors (Lipinski definition) is 2. The van der Waals surface area contributed by atoms with E-state index in [0.717, 1.165) is 64.5 Å². The van der Waals surface area contributed by atoms with E-state index in [1.54, 1.807) is 15.9 Å². The van der Waals surface area contributed by atoms with Crippen molar-refractivity contribution in [1.82, 2.24) is 24.7 Å². The van der Waals surface area contributed by atoms with Crippen LogP contribution in [0.15, 0.2) is 36.7 Å². The molecule has 10 nitrogen and oxygen atoms in total. The zero-order valence-electron chi connectivity index (χ0n) is 24.1. The summed E-state index contributed by atoms with van der Waals surface area (Å²) in [5, 5.41) is 14.5. The Kier molecular flexibility index (Phi) is 7.22. The Balaban J connectivity index is 0.895. The average molecular weight is 573 g/mol. The zero-order chi connectivity index (χ0) is 28.8. The third-order valence-electron chi connectivity index (χ3n) is 10.3. The number of benzene rings is 1. The minimum absolute atomic E-state index is 0.0227. The van der Waals surface area contributed by atoms with Crippen LogP contribution in [0.25, 0.3) is 0 Å². The van der Waals surface area contributed by atoms with Crippen LogP contribution in [0.2, 0.25) is 0 Å². The molecule has 0 radical (unpaired) electrons. The second-order valence-electron chi connectivity index (χ2n) is 13.1. The standard InChI is InChI=1S/C32H40N6O4/c39-27-19-38(12-8-26(27)37-11-7-21-3-1-2-4-23(21)18-37)30(41)25-15-28(34-20-33-25)35-24-16-32(17-24)9-13-36(14-10-32)31(42)29(40)22-5-6-22/h1-4,15,20,22,24,26-27,39H,5-14,16-19H2,(H,33,34,35)/t26-,27-/m0/s1. The van der Waals surface area contributed by atoms with Gasteiger partial charge in [0.1, 0.15) is 17.8 Å². The van der Waals surface area contributed by atoms with Crippen LogP contribution in [0.4, 0.5) is 5.82 Å². The number of piperidine rings is 2. The molecule has 2 aromatic rings. The zero-order valence-corrected chi connectivity index (χ0v) is 24.1.